The second-order valence-corrected chi connectivity index (χ2v) is 8.71. The van der Waals surface area contributed by atoms with Crippen LogP contribution in [0.25, 0.3) is 0 Å². The Balaban J connectivity index is 1.74. The molecule has 0 saturated carbocycles. The number of nitrogens with zero attached hydrogens (tertiary/aromatic N) is 2. The standard InChI is InChI=1S/C16H33N3O4S/c1-22-11-10-18-7-3-4-16(13-18)12-17-24(20,21)19-8-5-15(6-9-19)14-23-2/h15-17H,3-14H2,1-2H3. The van der Waals surface area contributed by atoms with E-state index in [1.807, 2.05) is 0 Å². The van der Waals surface area contributed by atoms with Crippen molar-refractivity contribution >= 4 is 10.2 Å². The lowest BCUT2D eigenvalue weighted by Gasteiger charge is -2.34. The van der Waals surface area contributed by atoms with E-state index >= 15 is 0 Å². The van der Waals surface area contributed by atoms with Gasteiger partial charge < -0.3 is 14.4 Å². The van der Waals surface area contributed by atoms with Gasteiger partial charge in [-0.3, -0.25) is 0 Å². The summed E-state index contributed by atoms with van der Waals surface area (Å²) in [4.78, 5) is 2.36. The molecule has 0 amide bonds. The number of methoxy groups -OCH3 is 2. The van der Waals surface area contributed by atoms with Crippen LogP contribution >= 0.6 is 0 Å². The van der Waals surface area contributed by atoms with Gasteiger partial charge in [-0.15, -0.1) is 0 Å². The molecule has 0 aliphatic carbocycles. The Kier molecular flexibility index (Phi) is 8.39. The molecule has 2 saturated heterocycles. The van der Waals surface area contributed by atoms with Gasteiger partial charge >= 0.3 is 0 Å². The first-order valence-corrected chi connectivity index (χ1v) is 10.4. The lowest BCUT2D eigenvalue weighted by atomic mass is 9.98. The number of hydrogen-bond acceptors (Lipinski definition) is 5. The number of likely N-dealkylation sites (tertiary alicyclic amines) is 1. The molecule has 0 radical (unpaired) electrons. The minimum Gasteiger partial charge on any atom is -0.384 e. The molecule has 2 fully saturated rings. The lowest BCUT2D eigenvalue weighted by molar-refractivity contribution is 0.114. The molecule has 0 bridgehead atoms. The van der Waals surface area contributed by atoms with E-state index in [0.29, 0.717) is 31.5 Å². The minimum absolute atomic E-state index is 0.386. The van der Waals surface area contributed by atoms with Crippen molar-refractivity contribution in [2.75, 3.05) is 66.7 Å². The van der Waals surface area contributed by atoms with Crippen LogP contribution in [0.3, 0.4) is 0 Å². The molecule has 2 aliphatic heterocycles. The third-order valence-corrected chi connectivity index (χ3v) is 6.66. The Labute approximate surface area is 146 Å². The van der Waals surface area contributed by atoms with Gasteiger partial charge in [-0.25, -0.2) is 4.72 Å². The monoisotopic (exact) mass is 363 g/mol. The highest BCUT2D eigenvalue weighted by atomic mass is 32.2. The van der Waals surface area contributed by atoms with E-state index in [1.165, 1.54) is 0 Å². The Hall–Kier alpha value is -0.250. The average Bonchev–Trinajstić information content (AvgIpc) is 2.59. The molecule has 0 aromatic heterocycles. The predicted molar refractivity (Wildman–Crippen MR) is 94.1 cm³/mol. The summed E-state index contributed by atoms with van der Waals surface area (Å²) in [5.41, 5.74) is 0. The SMILES string of the molecule is COCCN1CCCC(CNS(=O)(=O)N2CCC(COC)CC2)C1. The quantitative estimate of drug-likeness (QED) is 0.647. The summed E-state index contributed by atoms with van der Waals surface area (Å²) < 4.78 is 39.7. The first-order chi connectivity index (χ1) is 11.5. The molecule has 1 unspecified atom stereocenters. The van der Waals surface area contributed by atoms with E-state index in [9.17, 15) is 8.42 Å². The Morgan fingerprint density at radius 2 is 1.79 bits per heavy atom. The zero-order valence-corrected chi connectivity index (χ0v) is 15.9. The molecular weight excluding hydrogens is 330 g/mol. The Morgan fingerprint density at radius 3 is 2.46 bits per heavy atom. The van der Waals surface area contributed by atoms with Gasteiger partial charge in [-0.2, -0.15) is 12.7 Å². The molecule has 2 heterocycles. The maximum absolute atomic E-state index is 12.5. The van der Waals surface area contributed by atoms with Gasteiger partial charge in [0.05, 0.1) is 6.61 Å². The van der Waals surface area contributed by atoms with Crippen molar-refractivity contribution in [3.05, 3.63) is 0 Å². The van der Waals surface area contributed by atoms with Crippen molar-refractivity contribution in [2.24, 2.45) is 11.8 Å². The van der Waals surface area contributed by atoms with E-state index < -0.39 is 10.2 Å². The van der Waals surface area contributed by atoms with Crippen molar-refractivity contribution in [1.82, 2.24) is 13.9 Å². The molecular formula is C16H33N3O4S. The zero-order valence-electron chi connectivity index (χ0n) is 15.1. The van der Waals surface area contributed by atoms with Crippen LogP contribution < -0.4 is 4.72 Å². The van der Waals surface area contributed by atoms with Gasteiger partial charge in [0.2, 0.25) is 0 Å². The molecule has 0 aromatic rings. The van der Waals surface area contributed by atoms with Crippen LogP contribution in [-0.2, 0) is 19.7 Å². The van der Waals surface area contributed by atoms with E-state index in [0.717, 1.165) is 58.5 Å². The van der Waals surface area contributed by atoms with Gasteiger partial charge in [0.25, 0.3) is 10.2 Å². The second kappa shape index (κ2) is 10.0. The highest BCUT2D eigenvalue weighted by Gasteiger charge is 2.29. The summed E-state index contributed by atoms with van der Waals surface area (Å²) in [6, 6.07) is 0. The Bertz CT molecular complexity index is 452. The highest BCUT2D eigenvalue weighted by Crippen LogP contribution is 2.20. The lowest BCUT2D eigenvalue weighted by Crippen LogP contribution is -2.48. The summed E-state index contributed by atoms with van der Waals surface area (Å²) in [6.07, 6.45) is 3.96. The summed E-state index contributed by atoms with van der Waals surface area (Å²) >= 11 is 0. The van der Waals surface area contributed by atoms with Crippen LogP contribution in [0.5, 0.6) is 0 Å². The molecule has 1 N–H and O–H groups in total. The maximum atomic E-state index is 12.5. The normalized spacial score (nSPS) is 25.2. The van der Waals surface area contributed by atoms with E-state index in [4.69, 9.17) is 9.47 Å². The zero-order chi connectivity index (χ0) is 17.4. The van der Waals surface area contributed by atoms with Gasteiger partial charge in [0, 0.05) is 53.6 Å². The van der Waals surface area contributed by atoms with Crippen LogP contribution in [0.1, 0.15) is 25.7 Å². The third kappa shape index (κ3) is 6.24. The molecule has 2 aliphatic rings. The average molecular weight is 364 g/mol. The van der Waals surface area contributed by atoms with E-state index in [-0.39, 0.29) is 0 Å². The minimum atomic E-state index is -3.36. The largest absolute Gasteiger partial charge is 0.384 e. The van der Waals surface area contributed by atoms with Gasteiger partial charge in [-0.1, -0.05) is 0 Å². The van der Waals surface area contributed by atoms with Crippen LogP contribution in [-0.4, -0.2) is 84.3 Å². The van der Waals surface area contributed by atoms with Crippen molar-refractivity contribution in [2.45, 2.75) is 25.7 Å². The second-order valence-electron chi connectivity index (χ2n) is 6.95. The van der Waals surface area contributed by atoms with Crippen LogP contribution in [0.15, 0.2) is 0 Å². The summed E-state index contributed by atoms with van der Waals surface area (Å²) in [7, 11) is 0.0566. The summed E-state index contributed by atoms with van der Waals surface area (Å²) in [6.45, 7) is 6.12. The van der Waals surface area contributed by atoms with Crippen LogP contribution in [0.4, 0.5) is 0 Å². The molecule has 7 nitrogen and oxygen atoms in total. The molecule has 24 heavy (non-hydrogen) atoms. The topological polar surface area (TPSA) is 71.1 Å². The van der Waals surface area contributed by atoms with Crippen molar-refractivity contribution in [3.63, 3.8) is 0 Å². The fraction of sp³-hybridized carbons (Fsp3) is 1.00. The molecule has 1 atom stereocenters. The van der Waals surface area contributed by atoms with Gasteiger partial charge in [-0.05, 0) is 44.1 Å². The molecule has 0 aromatic carbocycles. The first kappa shape index (κ1) is 20.1. The molecule has 2 rings (SSSR count). The van der Waals surface area contributed by atoms with Crippen LogP contribution in [0, 0.1) is 11.8 Å². The van der Waals surface area contributed by atoms with Gasteiger partial charge in [0.1, 0.15) is 0 Å². The molecule has 8 heteroatoms. The van der Waals surface area contributed by atoms with Crippen molar-refractivity contribution in [3.8, 4) is 0 Å². The number of ether oxygens (including phenoxy) is 2. The summed E-state index contributed by atoms with van der Waals surface area (Å²) in [5, 5.41) is 0. The van der Waals surface area contributed by atoms with Crippen LogP contribution in [0.2, 0.25) is 0 Å². The maximum Gasteiger partial charge on any atom is 0.279 e. The Morgan fingerprint density at radius 1 is 1.04 bits per heavy atom. The highest BCUT2D eigenvalue weighted by molar-refractivity contribution is 7.87. The van der Waals surface area contributed by atoms with E-state index in [1.54, 1.807) is 18.5 Å². The smallest absolute Gasteiger partial charge is 0.279 e. The number of piperidine rings is 2. The molecule has 0 spiro atoms. The predicted octanol–water partition coefficient (Wildman–Crippen LogP) is 0.538. The molecule has 142 valence electrons. The van der Waals surface area contributed by atoms with Crippen molar-refractivity contribution in [1.29, 1.82) is 0 Å². The van der Waals surface area contributed by atoms with Crippen molar-refractivity contribution < 1.29 is 17.9 Å². The number of hydrogen-bond donors (Lipinski definition) is 1. The fourth-order valence-corrected chi connectivity index (χ4v) is 4.93. The third-order valence-electron chi connectivity index (χ3n) is 5.08. The number of rotatable bonds is 9. The fourth-order valence-electron chi connectivity index (χ4n) is 3.61. The van der Waals surface area contributed by atoms with Gasteiger partial charge in [0.15, 0.2) is 0 Å². The number of nitrogens with one attached hydrogen (secondary N) is 1. The first-order valence-electron chi connectivity index (χ1n) is 9.00. The van der Waals surface area contributed by atoms with E-state index in [2.05, 4.69) is 9.62 Å². The summed E-state index contributed by atoms with van der Waals surface area (Å²) in [5.74, 6) is 0.866.